The van der Waals surface area contributed by atoms with Gasteiger partial charge in [-0.3, -0.25) is 0 Å². The molecule has 1 saturated carbocycles. The monoisotopic (exact) mass is 646 g/mol. The molecule has 2 heterocycles. The highest BCUT2D eigenvalue weighted by Gasteiger charge is 2.23. The number of ether oxygens (including phenoxy) is 2. The van der Waals surface area contributed by atoms with Crippen LogP contribution < -0.4 is 25.0 Å². The van der Waals surface area contributed by atoms with Crippen molar-refractivity contribution < 1.29 is 9.47 Å². The Kier molecular flexibility index (Phi) is 10.6. The van der Waals surface area contributed by atoms with Gasteiger partial charge in [-0.1, -0.05) is 31.5 Å². The molecule has 8 heteroatoms. The Morgan fingerprint density at radius 1 is 0.854 bits per heavy atom. The molecule has 8 nitrogen and oxygen atoms in total. The third-order valence-electron chi connectivity index (χ3n) is 9.68. The van der Waals surface area contributed by atoms with E-state index >= 15 is 0 Å². The molecule has 0 unspecified atom stereocenters. The molecule has 1 aliphatic carbocycles. The Morgan fingerprint density at radius 3 is 2.40 bits per heavy atom. The van der Waals surface area contributed by atoms with E-state index in [1.165, 1.54) is 47.8 Å². The lowest BCUT2D eigenvalue weighted by Crippen LogP contribution is -2.31. The zero-order valence-corrected chi connectivity index (χ0v) is 29.4. The van der Waals surface area contributed by atoms with E-state index in [2.05, 4.69) is 65.8 Å². The van der Waals surface area contributed by atoms with Crippen molar-refractivity contribution in [2.45, 2.75) is 71.4 Å². The van der Waals surface area contributed by atoms with E-state index in [0.717, 1.165) is 71.8 Å². The van der Waals surface area contributed by atoms with Crippen LogP contribution in [0.5, 0.6) is 11.5 Å². The molecular weight excluding hydrogens is 596 g/mol. The molecular formula is C40H50N6O2. The largest absolute Gasteiger partial charge is 0.493 e. The lowest BCUT2D eigenvalue weighted by Gasteiger charge is -2.29. The van der Waals surface area contributed by atoms with Crippen LogP contribution in [0.15, 0.2) is 60.7 Å². The molecule has 6 rings (SSSR count). The fourth-order valence-corrected chi connectivity index (χ4v) is 7.03. The van der Waals surface area contributed by atoms with E-state index in [9.17, 15) is 0 Å². The van der Waals surface area contributed by atoms with Crippen LogP contribution >= 0.6 is 0 Å². The molecule has 252 valence electrons. The summed E-state index contributed by atoms with van der Waals surface area (Å²) in [5, 5.41) is 9.83. The van der Waals surface area contributed by atoms with Gasteiger partial charge in [0, 0.05) is 43.0 Å². The maximum absolute atomic E-state index is 5.62. The van der Waals surface area contributed by atoms with Gasteiger partial charge in [-0.15, -0.1) is 0 Å². The van der Waals surface area contributed by atoms with Gasteiger partial charge in [0.25, 0.3) is 0 Å². The van der Waals surface area contributed by atoms with Gasteiger partial charge in [0.2, 0.25) is 5.95 Å². The number of hydrogen-bond donors (Lipinski definition) is 2. The summed E-state index contributed by atoms with van der Waals surface area (Å²) in [6, 6.07) is 21.6. The van der Waals surface area contributed by atoms with E-state index in [1.54, 1.807) is 14.2 Å². The van der Waals surface area contributed by atoms with Gasteiger partial charge in [-0.25, -0.2) is 9.97 Å². The minimum Gasteiger partial charge on any atom is -0.493 e. The molecule has 0 bridgehead atoms. The summed E-state index contributed by atoms with van der Waals surface area (Å²) >= 11 is 0. The summed E-state index contributed by atoms with van der Waals surface area (Å²) in [4.78, 5) is 17.0. The topological polar surface area (TPSA) is 84.4 Å². The number of fused-ring (bicyclic) bond motifs is 2. The van der Waals surface area contributed by atoms with Crippen molar-refractivity contribution in [2.24, 2.45) is 5.92 Å². The molecule has 1 aliphatic rings. The number of nitrogens with zero attached hydrogens (tertiary/aromatic N) is 4. The van der Waals surface area contributed by atoms with E-state index in [4.69, 9.17) is 24.4 Å². The number of methoxy groups -OCH3 is 2. The van der Waals surface area contributed by atoms with Crippen LogP contribution in [0, 0.1) is 12.8 Å². The second kappa shape index (κ2) is 15.2. The number of anilines is 2. The van der Waals surface area contributed by atoms with E-state index in [-0.39, 0.29) is 0 Å². The third-order valence-corrected chi connectivity index (χ3v) is 9.68. The van der Waals surface area contributed by atoms with Crippen LogP contribution in [0.2, 0.25) is 0 Å². The molecule has 5 aromatic rings. The number of pyridine rings is 1. The highest BCUT2D eigenvalue weighted by atomic mass is 16.5. The van der Waals surface area contributed by atoms with Crippen LogP contribution in [0.1, 0.15) is 62.1 Å². The Bertz CT molecular complexity index is 1870. The van der Waals surface area contributed by atoms with Gasteiger partial charge in [-0.05, 0) is 117 Å². The average molecular weight is 647 g/mol. The Hall–Kier alpha value is -4.43. The molecule has 0 aliphatic heterocycles. The maximum atomic E-state index is 5.62. The minimum atomic E-state index is 0.384. The maximum Gasteiger partial charge on any atom is 0.225 e. The van der Waals surface area contributed by atoms with Gasteiger partial charge in [-0.2, -0.15) is 4.98 Å². The predicted molar refractivity (Wildman–Crippen MR) is 199 cm³/mol. The number of aromatic nitrogens is 3. The predicted octanol–water partition coefficient (Wildman–Crippen LogP) is 8.34. The van der Waals surface area contributed by atoms with Gasteiger partial charge in [0.1, 0.15) is 5.82 Å². The van der Waals surface area contributed by atoms with Crippen LogP contribution in [0.25, 0.3) is 33.1 Å². The SMILES string of the molecule is CCCCc1cc(C)c2nc(-c3ccc(OC)c(OC)c3)cc(CNCC3CCC(Nc4nc(N(C)C)c5ccccc5n4)CC3)c2c1. The zero-order valence-electron chi connectivity index (χ0n) is 29.4. The van der Waals surface area contributed by atoms with Gasteiger partial charge in [0.15, 0.2) is 11.5 Å². The Balaban J connectivity index is 1.15. The molecule has 0 saturated heterocycles. The van der Waals surface area contributed by atoms with E-state index < -0.39 is 0 Å². The Labute approximate surface area is 285 Å². The second-order valence-corrected chi connectivity index (χ2v) is 13.4. The minimum absolute atomic E-state index is 0.384. The number of para-hydroxylation sites is 1. The van der Waals surface area contributed by atoms with Crippen molar-refractivity contribution in [3.63, 3.8) is 0 Å². The van der Waals surface area contributed by atoms with Crippen molar-refractivity contribution in [1.29, 1.82) is 0 Å². The van der Waals surface area contributed by atoms with Crippen molar-refractivity contribution in [3.8, 4) is 22.8 Å². The van der Waals surface area contributed by atoms with Crippen molar-refractivity contribution in [3.05, 3.63) is 77.4 Å². The molecule has 0 radical (unpaired) electrons. The molecule has 48 heavy (non-hydrogen) atoms. The normalized spacial score (nSPS) is 16.3. The summed E-state index contributed by atoms with van der Waals surface area (Å²) in [6.07, 6.45) is 8.04. The Morgan fingerprint density at radius 2 is 1.65 bits per heavy atom. The number of nitrogens with one attached hydrogen (secondary N) is 2. The summed E-state index contributed by atoms with van der Waals surface area (Å²) < 4.78 is 11.1. The van der Waals surface area contributed by atoms with Crippen molar-refractivity contribution in [1.82, 2.24) is 20.3 Å². The number of rotatable bonds is 13. The molecule has 1 fully saturated rings. The summed E-state index contributed by atoms with van der Waals surface area (Å²) in [7, 11) is 7.41. The van der Waals surface area contributed by atoms with Gasteiger partial charge < -0.3 is 25.0 Å². The molecule has 2 N–H and O–H groups in total. The summed E-state index contributed by atoms with van der Waals surface area (Å²) in [5.74, 6) is 3.74. The molecule has 3 aromatic carbocycles. The molecule has 2 aromatic heterocycles. The fraction of sp³-hybridized carbons (Fsp3) is 0.425. The zero-order chi connectivity index (χ0) is 33.6. The molecule has 0 spiro atoms. The van der Waals surface area contributed by atoms with Gasteiger partial charge in [0.05, 0.1) is 30.9 Å². The first-order valence-corrected chi connectivity index (χ1v) is 17.4. The van der Waals surface area contributed by atoms with Crippen LogP contribution in [0.3, 0.4) is 0 Å². The smallest absolute Gasteiger partial charge is 0.225 e. The van der Waals surface area contributed by atoms with Crippen LogP contribution in [-0.2, 0) is 13.0 Å². The molecule has 0 atom stereocenters. The highest BCUT2D eigenvalue weighted by molar-refractivity contribution is 5.90. The van der Waals surface area contributed by atoms with Crippen LogP contribution in [0.4, 0.5) is 11.8 Å². The van der Waals surface area contributed by atoms with E-state index in [1.807, 2.05) is 38.4 Å². The van der Waals surface area contributed by atoms with Crippen molar-refractivity contribution >= 4 is 33.6 Å². The third kappa shape index (κ3) is 7.49. The number of aryl methyl sites for hydroxylation is 2. The summed E-state index contributed by atoms with van der Waals surface area (Å²) in [5.41, 5.74) is 7.91. The quantitative estimate of drug-likeness (QED) is 0.132. The first-order chi connectivity index (χ1) is 23.4. The van der Waals surface area contributed by atoms with Crippen molar-refractivity contribution in [2.75, 3.05) is 45.1 Å². The number of unbranched alkanes of at least 4 members (excludes halogenated alkanes) is 1. The average Bonchev–Trinajstić information content (AvgIpc) is 3.10. The second-order valence-electron chi connectivity index (χ2n) is 13.4. The first-order valence-electron chi connectivity index (χ1n) is 17.4. The van der Waals surface area contributed by atoms with Crippen LogP contribution in [-0.4, -0.2) is 55.9 Å². The molecule has 0 amide bonds. The fourth-order valence-electron chi connectivity index (χ4n) is 7.03. The summed E-state index contributed by atoms with van der Waals surface area (Å²) in [6.45, 7) is 6.24. The first kappa shape index (κ1) is 33.5. The van der Waals surface area contributed by atoms with Gasteiger partial charge >= 0.3 is 0 Å². The lowest BCUT2D eigenvalue weighted by molar-refractivity contribution is 0.324. The highest BCUT2D eigenvalue weighted by Crippen LogP contribution is 2.35. The number of hydrogen-bond acceptors (Lipinski definition) is 8. The lowest BCUT2D eigenvalue weighted by atomic mass is 9.86. The van der Waals surface area contributed by atoms with E-state index in [0.29, 0.717) is 23.5 Å². The standard InChI is InChI=1S/C40H50N6O2/c1-7-8-11-28-20-26(2)38-33(21-28)30(22-35(43-38)29-16-19-36(47-5)37(23-29)48-6)25-41-24-27-14-17-31(18-15-27)42-40-44-34-13-10-9-12-32(34)39(45-40)46(3)4/h9-10,12-13,16,19-23,27,31,41H,7-8,11,14-15,17-18,24-25H2,1-6H3,(H,42,44,45). The number of benzene rings is 3.